The monoisotopic (exact) mass is 835 g/mol. The van der Waals surface area contributed by atoms with Crippen molar-refractivity contribution in [3.63, 3.8) is 0 Å². The van der Waals surface area contributed by atoms with Gasteiger partial charge in [-0.15, -0.1) is 59.7 Å². The first-order chi connectivity index (χ1) is 23.5. The third-order valence-corrected chi connectivity index (χ3v) is 11.1. The Morgan fingerprint density at radius 1 is 0.714 bits per heavy atom. The van der Waals surface area contributed by atoms with Crippen LogP contribution in [0.25, 0.3) is 42.7 Å². The molecule has 1 aliphatic rings. The predicted molar refractivity (Wildman–Crippen MR) is 203 cm³/mol. The summed E-state index contributed by atoms with van der Waals surface area (Å²) in [4.78, 5) is 9.23. The number of hydrogen-bond acceptors (Lipinski definition) is 3. The molecule has 1 aliphatic carbocycles. The van der Waals surface area contributed by atoms with Crippen molar-refractivity contribution < 1.29 is 20.1 Å². The van der Waals surface area contributed by atoms with Gasteiger partial charge in [0.2, 0.25) is 0 Å². The molecule has 2 nitrogen and oxygen atoms in total. The summed E-state index contributed by atoms with van der Waals surface area (Å²) in [5.41, 5.74) is 9.44. The summed E-state index contributed by atoms with van der Waals surface area (Å²) < 4.78 is 2.58. The maximum atomic E-state index is 4.66. The zero-order valence-corrected chi connectivity index (χ0v) is 31.7. The molecular formula is C45H42IrN2S-2. The van der Waals surface area contributed by atoms with E-state index in [4.69, 9.17) is 0 Å². The molecule has 1 saturated carbocycles. The van der Waals surface area contributed by atoms with Gasteiger partial charge in [0.05, 0.1) is 0 Å². The zero-order chi connectivity index (χ0) is 32.9. The first-order valence-corrected chi connectivity index (χ1v) is 18.1. The zero-order valence-electron chi connectivity index (χ0n) is 28.5. The van der Waals surface area contributed by atoms with Crippen LogP contribution in [0.1, 0.15) is 68.2 Å². The van der Waals surface area contributed by atoms with Crippen molar-refractivity contribution in [2.24, 2.45) is 5.92 Å². The molecule has 0 saturated heterocycles. The van der Waals surface area contributed by atoms with E-state index in [1.54, 1.807) is 0 Å². The molecule has 3 aromatic heterocycles. The van der Waals surface area contributed by atoms with Gasteiger partial charge in [-0.3, -0.25) is 0 Å². The van der Waals surface area contributed by atoms with E-state index in [-0.39, 0.29) is 25.5 Å². The SMILES string of the molecule is CC(C)(c1ccccc1)c1ccnc(-c2[c-]cc3sc4ccccc4c3c2)c1.Cc1cnc(-c2[c-]cccc2)cc1CC1CCCCC1.[Ir]. The van der Waals surface area contributed by atoms with Gasteiger partial charge >= 0.3 is 0 Å². The molecule has 0 spiro atoms. The summed E-state index contributed by atoms with van der Waals surface area (Å²) in [6.07, 6.45) is 12.2. The first-order valence-electron chi connectivity index (χ1n) is 17.2. The number of nitrogens with zero attached hydrogens (tertiary/aromatic N) is 2. The fraction of sp³-hybridized carbons (Fsp3) is 0.244. The standard InChI is InChI=1S/C26H20NS.C19H22N.Ir/c1-26(2,19-8-4-3-5-9-19)20-14-15-27-23(17-20)18-12-13-25-22(16-18)21-10-6-7-11-24(21)28-25;1-15-14-20-19(17-10-6-3-7-11-17)13-18(15)12-16-8-4-2-5-9-16;/h3-11,13-17H,1-2H3;3,6-7,10,13-14,16H,2,4-5,8-9,12H2,1H3;/q2*-1;. The van der Waals surface area contributed by atoms with Gasteiger partial charge in [-0.25, -0.2) is 0 Å². The van der Waals surface area contributed by atoms with Crippen molar-refractivity contribution in [2.45, 2.75) is 64.7 Å². The molecule has 4 aromatic carbocycles. The van der Waals surface area contributed by atoms with E-state index in [1.807, 2.05) is 41.9 Å². The average Bonchev–Trinajstić information content (AvgIpc) is 3.52. The number of thiophene rings is 1. The van der Waals surface area contributed by atoms with Gasteiger partial charge in [-0.1, -0.05) is 118 Å². The Morgan fingerprint density at radius 3 is 2.27 bits per heavy atom. The van der Waals surface area contributed by atoms with Crippen LogP contribution in [0.5, 0.6) is 0 Å². The Bertz CT molecular complexity index is 2130. The number of aromatic nitrogens is 2. The Morgan fingerprint density at radius 2 is 1.47 bits per heavy atom. The fourth-order valence-electron chi connectivity index (χ4n) is 6.99. The van der Waals surface area contributed by atoms with Crippen LogP contribution < -0.4 is 0 Å². The van der Waals surface area contributed by atoms with Crippen molar-refractivity contribution >= 4 is 31.5 Å². The van der Waals surface area contributed by atoms with Crippen LogP contribution in [0.15, 0.2) is 122 Å². The van der Waals surface area contributed by atoms with E-state index in [9.17, 15) is 0 Å². The molecule has 0 amide bonds. The van der Waals surface area contributed by atoms with Crippen molar-refractivity contribution in [3.8, 4) is 22.5 Å². The molecule has 0 aliphatic heterocycles. The molecule has 4 heteroatoms. The van der Waals surface area contributed by atoms with Crippen molar-refractivity contribution in [3.05, 3.63) is 156 Å². The molecule has 1 radical (unpaired) electrons. The summed E-state index contributed by atoms with van der Waals surface area (Å²) in [6.45, 7) is 6.71. The molecular weight excluding hydrogens is 793 g/mol. The van der Waals surface area contributed by atoms with E-state index in [0.717, 1.165) is 28.4 Å². The topological polar surface area (TPSA) is 25.8 Å². The van der Waals surface area contributed by atoms with Gasteiger partial charge in [0.1, 0.15) is 0 Å². The largest absolute Gasteiger partial charge is 0.305 e. The number of hydrogen-bond donors (Lipinski definition) is 0. The molecule has 0 atom stereocenters. The van der Waals surface area contributed by atoms with E-state index < -0.39 is 0 Å². The number of pyridine rings is 2. The number of aryl methyl sites for hydroxylation is 1. The van der Waals surface area contributed by atoms with Crippen LogP contribution >= 0.6 is 11.3 Å². The van der Waals surface area contributed by atoms with Crippen molar-refractivity contribution in [2.75, 3.05) is 0 Å². The van der Waals surface area contributed by atoms with Crippen LogP contribution in [-0.4, -0.2) is 9.97 Å². The second-order valence-electron chi connectivity index (χ2n) is 13.6. The predicted octanol–water partition coefficient (Wildman–Crippen LogP) is 12.2. The summed E-state index contributed by atoms with van der Waals surface area (Å²) in [7, 11) is 0. The normalized spacial score (nSPS) is 13.4. The Balaban J connectivity index is 0.000000176. The van der Waals surface area contributed by atoms with Gasteiger partial charge in [0, 0.05) is 42.6 Å². The summed E-state index contributed by atoms with van der Waals surface area (Å²) >= 11 is 1.82. The van der Waals surface area contributed by atoms with Gasteiger partial charge in [0.15, 0.2) is 0 Å². The van der Waals surface area contributed by atoms with E-state index in [0.29, 0.717) is 0 Å². The minimum Gasteiger partial charge on any atom is -0.305 e. The summed E-state index contributed by atoms with van der Waals surface area (Å²) in [5.74, 6) is 0.873. The van der Waals surface area contributed by atoms with E-state index in [1.165, 1.54) is 81.0 Å². The van der Waals surface area contributed by atoms with Crippen LogP contribution in [-0.2, 0) is 31.9 Å². The molecule has 3 heterocycles. The third-order valence-electron chi connectivity index (χ3n) is 10.00. The second kappa shape index (κ2) is 15.7. The summed E-state index contributed by atoms with van der Waals surface area (Å²) in [5, 5.41) is 2.59. The quantitative estimate of drug-likeness (QED) is 0.156. The van der Waals surface area contributed by atoms with Crippen LogP contribution in [0.4, 0.5) is 0 Å². The molecule has 0 N–H and O–H groups in total. The molecule has 1 fully saturated rings. The maximum absolute atomic E-state index is 4.66. The van der Waals surface area contributed by atoms with Crippen LogP contribution in [0.3, 0.4) is 0 Å². The molecule has 0 bridgehead atoms. The Kier molecular flexibility index (Phi) is 11.2. The number of benzene rings is 4. The van der Waals surface area contributed by atoms with E-state index in [2.05, 4.69) is 134 Å². The average molecular weight is 835 g/mol. The van der Waals surface area contributed by atoms with Crippen molar-refractivity contribution in [1.82, 2.24) is 9.97 Å². The molecule has 249 valence electrons. The fourth-order valence-corrected chi connectivity index (χ4v) is 8.06. The van der Waals surface area contributed by atoms with Gasteiger partial charge in [-0.2, -0.15) is 11.3 Å². The molecule has 7 aromatic rings. The maximum Gasteiger partial charge on any atom is 0.0239 e. The molecule has 0 unspecified atom stereocenters. The smallest absolute Gasteiger partial charge is 0.0239 e. The van der Waals surface area contributed by atoms with Gasteiger partial charge in [-0.05, 0) is 69.6 Å². The number of rotatable bonds is 6. The summed E-state index contributed by atoms with van der Waals surface area (Å²) in [6, 6.07) is 45.0. The number of fused-ring (bicyclic) bond motifs is 3. The van der Waals surface area contributed by atoms with Crippen molar-refractivity contribution in [1.29, 1.82) is 0 Å². The Hall–Kier alpha value is -3.95. The van der Waals surface area contributed by atoms with Gasteiger partial charge < -0.3 is 9.97 Å². The van der Waals surface area contributed by atoms with Gasteiger partial charge in [0.25, 0.3) is 0 Å². The molecule has 8 rings (SSSR count). The molecule has 49 heavy (non-hydrogen) atoms. The minimum atomic E-state index is -0.0852. The Labute approximate surface area is 309 Å². The first kappa shape index (κ1) is 34.9. The van der Waals surface area contributed by atoms with Crippen LogP contribution in [0, 0.1) is 25.0 Å². The van der Waals surface area contributed by atoms with E-state index >= 15 is 0 Å². The minimum absolute atomic E-state index is 0. The van der Waals surface area contributed by atoms with Crippen LogP contribution in [0.2, 0.25) is 0 Å². The third kappa shape index (κ3) is 7.94. The second-order valence-corrected chi connectivity index (χ2v) is 14.7.